The summed E-state index contributed by atoms with van der Waals surface area (Å²) in [6.07, 6.45) is 5.07. The number of primary sulfonamides is 1. The summed E-state index contributed by atoms with van der Waals surface area (Å²) in [5.41, 5.74) is -0.101. The van der Waals surface area contributed by atoms with Crippen LogP contribution in [0.25, 0.3) is 0 Å². The fourth-order valence-corrected chi connectivity index (χ4v) is 2.40. The van der Waals surface area contributed by atoms with Crippen LogP contribution in [0.1, 0.15) is 10.4 Å². The van der Waals surface area contributed by atoms with Crippen LogP contribution in [0.2, 0.25) is 0 Å². The van der Waals surface area contributed by atoms with E-state index >= 15 is 0 Å². The Balaban J connectivity index is 2.74. The van der Waals surface area contributed by atoms with Crippen molar-refractivity contribution in [1.29, 1.82) is 0 Å². The lowest BCUT2D eigenvalue weighted by Gasteiger charge is -2.06. The van der Waals surface area contributed by atoms with Gasteiger partial charge in [0, 0.05) is 17.9 Å². The molecule has 0 aliphatic rings. The zero-order valence-electron chi connectivity index (χ0n) is 10.4. The first-order chi connectivity index (χ1) is 9.34. The van der Waals surface area contributed by atoms with Gasteiger partial charge >= 0.3 is 0 Å². The topological polar surface area (TPSA) is 89.3 Å². The van der Waals surface area contributed by atoms with E-state index in [1.807, 2.05) is 0 Å². The van der Waals surface area contributed by atoms with E-state index < -0.39 is 26.6 Å². The van der Waals surface area contributed by atoms with Crippen molar-refractivity contribution < 1.29 is 17.6 Å². The normalized spacial score (nSPS) is 10.8. The number of hydrogen-bond acceptors (Lipinski definition) is 4. The van der Waals surface area contributed by atoms with Gasteiger partial charge in [-0.3, -0.25) is 4.79 Å². The molecule has 5 nitrogen and oxygen atoms in total. The smallest absolute Gasteiger partial charge is 0.251 e. The van der Waals surface area contributed by atoms with Crippen molar-refractivity contribution in [1.82, 2.24) is 5.32 Å². The maximum absolute atomic E-state index is 13.3. The van der Waals surface area contributed by atoms with Crippen molar-refractivity contribution in [2.75, 3.05) is 18.1 Å². The third kappa shape index (κ3) is 5.21. The average Bonchev–Trinajstić information content (AvgIpc) is 2.36. The Morgan fingerprint density at radius 2 is 2.15 bits per heavy atom. The minimum atomic E-state index is -4.06. The molecule has 1 aromatic carbocycles. The zero-order chi connectivity index (χ0) is 15.2. The van der Waals surface area contributed by atoms with Gasteiger partial charge in [-0.15, -0.1) is 18.2 Å². The van der Waals surface area contributed by atoms with Gasteiger partial charge in [-0.1, -0.05) is 5.92 Å². The van der Waals surface area contributed by atoms with Crippen LogP contribution in [-0.2, 0) is 10.0 Å². The molecule has 0 saturated heterocycles. The van der Waals surface area contributed by atoms with Crippen LogP contribution < -0.4 is 10.5 Å². The summed E-state index contributed by atoms with van der Waals surface area (Å²) in [4.78, 5) is 11.3. The number of amides is 1. The summed E-state index contributed by atoms with van der Waals surface area (Å²) in [5.74, 6) is 2.16. The largest absolute Gasteiger partial charge is 0.351 e. The molecule has 0 bridgehead atoms. The maximum Gasteiger partial charge on any atom is 0.251 e. The minimum absolute atomic E-state index is 0.101. The molecule has 0 radical (unpaired) electrons. The van der Waals surface area contributed by atoms with E-state index in [2.05, 4.69) is 11.2 Å². The molecule has 3 N–H and O–H groups in total. The molecule has 0 heterocycles. The second kappa shape index (κ2) is 7.28. The predicted octanol–water partition coefficient (Wildman–Crippen LogP) is 0.569. The summed E-state index contributed by atoms with van der Waals surface area (Å²) >= 11 is 1.46. The van der Waals surface area contributed by atoms with Gasteiger partial charge in [0.25, 0.3) is 5.91 Å². The summed E-state index contributed by atoms with van der Waals surface area (Å²) in [6.45, 7) is 0.340. The van der Waals surface area contributed by atoms with Crippen molar-refractivity contribution in [2.45, 2.75) is 4.90 Å². The Kier molecular flexibility index (Phi) is 6.01. The van der Waals surface area contributed by atoms with Crippen LogP contribution in [0.4, 0.5) is 4.39 Å². The van der Waals surface area contributed by atoms with E-state index in [0.717, 1.165) is 18.2 Å². The summed E-state index contributed by atoms with van der Waals surface area (Å²) in [5, 5.41) is 7.43. The number of carbonyl (C=O) groups excluding carboxylic acids is 1. The van der Waals surface area contributed by atoms with Gasteiger partial charge in [0.2, 0.25) is 10.0 Å². The molecule has 0 aliphatic carbocycles. The van der Waals surface area contributed by atoms with Crippen molar-refractivity contribution in [3.05, 3.63) is 29.6 Å². The van der Waals surface area contributed by atoms with Crippen molar-refractivity contribution in [2.24, 2.45) is 5.14 Å². The summed E-state index contributed by atoms with van der Waals surface area (Å²) in [7, 11) is -4.06. The van der Waals surface area contributed by atoms with E-state index in [0.29, 0.717) is 18.1 Å². The third-order valence-electron chi connectivity index (χ3n) is 2.18. The fourth-order valence-electron chi connectivity index (χ4n) is 1.33. The molecule has 0 spiro atoms. The molecule has 0 aromatic heterocycles. The molecule has 0 aliphatic heterocycles. The maximum atomic E-state index is 13.3. The molecule has 0 unspecified atom stereocenters. The Labute approximate surface area is 121 Å². The lowest BCUT2D eigenvalue weighted by molar-refractivity contribution is 0.0955. The van der Waals surface area contributed by atoms with Crippen LogP contribution in [0.5, 0.6) is 0 Å². The summed E-state index contributed by atoms with van der Waals surface area (Å²) in [6, 6.07) is 2.73. The quantitative estimate of drug-likeness (QED) is 0.593. The number of nitrogens with two attached hydrogens (primary N) is 1. The van der Waals surface area contributed by atoms with Crippen LogP contribution in [0, 0.1) is 18.2 Å². The second-order valence-corrected chi connectivity index (χ2v) is 6.40. The molecular weight excluding hydrogens is 303 g/mol. The number of hydrogen-bond donors (Lipinski definition) is 2. The minimum Gasteiger partial charge on any atom is -0.351 e. The fraction of sp³-hybridized carbons (Fsp3) is 0.250. The molecule has 1 amide bonds. The lowest BCUT2D eigenvalue weighted by Crippen LogP contribution is -2.26. The lowest BCUT2D eigenvalue weighted by atomic mass is 10.2. The van der Waals surface area contributed by atoms with E-state index in [-0.39, 0.29) is 5.56 Å². The number of terminal acetylenes is 1. The predicted molar refractivity (Wildman–Crippen MR) is 76.3 cm³/mol. The van der Waals surface area contributed by atoms with Crippen molar-refractivity contribution in [3.63, 3.8) is 0 Å². The third-order valence-corrected chi connectivity index (χ3v) is 3.94. The average molecular weight is 316 g/mol. The Morgan fingerprint density at radius 1 is 1.45 bits per heavy atom. The van der Waals surface area contributed by atoms with Crippen LogP contribution in [-0.4, -0.2) is 32.4 Å². The number of thioether (sulfide) groups is 1. The zero-order valence-corrected chi connectivity index (χ0v) is 12.1. The van der Waals surface area contributed by atoms with E-state index in [1.165, 1.54) is 11.8 Å². The van der Waals surface area contributed by atoms with Crippen molar-refractivity contribution >= 4 is 27.7 Å². The Bertz CT molecular complexity index is 639. The van der Waals surface area contributed by atoms with E-state index in [1.54, 1.807) is 0 Å². The van der Waals surface area contributed by atoms with Gasteiger partial charge < -0.3 is 5.32 Å². The molecule has 0 saturated carbocycles. The molecule has 1 aromatic rings. The van der Waals surface area contributed by atoms with Gasteiger partial charge in [0.1, 0.15) is 5.82 Å². The van der Waals surface area contributed by atoms with E-state index in [4.69, 9.17) is 11.6 Å². The van der Waals surface area contributed by atoms with E-state index in [9.17, 15) is 17.6 Å². The van der Waals surface area contributed by atoms with Gasteiger partial charge in [-0.05, 0) is 18.2 Å². The molecule has 0 atom stereocenters. The number of carbonyl (C=O) groups is 1. The highest BCUT2D eigenvalue weighted by Crippen LogP contribution is 2.13. The number of sulfonamides is 1. The monoisotopic (exact) mass is 316 g/mol. The van der Waals surface area contributed by atoms with Crippen LogP contribution in [0.15, 0.2) is 23.1 Å². The molecule has 0 fully saturated rings. The SMILES string of the molecule is C#CCSCCNC(=O)c1cc(F)cc(S(N)(=O)=O)c1. The molecular formula is C12H13FN2O3S2. The Morgan fingerprint density at radius 3 is 2.75 bits per heavy atom. The summed E-state index contributed by atoms with van der Waals surface area (Å²) < 4.78 is 35.6. The first-order valence-corrected chi connectivity index (χ1v) is 8.17. The molecule has 108 valence electrons. The first kappa shape index (κ1) is 16.5. The van der Waals surface area contributed by atoms with Gasteiger partial charge in [0.05, 0.1) is 10.6 Å². The first-order valence-electron chi connectivity index (χ1n) is 5.47. The highest BCUT2D eigenvalue weighted by molar-refractivity contribution is 7.99. The van der Waals surface area contributed by atoms with Gasteiger partial charge in [0.15, 0.2) is 0 Å². The molecule has 1 rings (SSSR count). The van der Waals surface area contributed by atoms with Crippen molar-refractivity contribution in [3.8, 4) is 12.3 Å². The molecule has 8 heteroatoms. The van der Waals surface area contributed by atoms with Crippen LogP contribution >= 0.6 is 11.8 Å². The number of nitrogens with one attached hydrogen (secondary N) is 1. The number of halogens is 1. The van der Waals surface area contributed by atoms with Crippen LogP contribution in [0.3, 0.4) is 0 Å². The Hall–Kier alpha value is -1.56. The highest BCUT2D eigenvalue weighted by Gasteiger charge is 2.14. The molecule has 20 heavy (non-hydrogen) atoms. The number of rotatable bonds is 6. The highest BCUT2D eigenvalue weighted by atomic mass is 32.2. The standard InChI is InChI=1S/C12H13FN2O3S2/c1-2-4-19-5-3-15-12(16)9-6-10(13)8-11(7-9)20(14,17)18/h1,6-8H,3-5H2,(H,15,16)(H2,14,17,18). The second-order valence-electron chi connectivity index (χ2n) is 3.73. The van der Waals surface area contributed by atoms with Gasteiger partial charge in [-0.25, -0.2) is 17.9 Å². The number of benzene rings is 1. The van der Waals surface area contributed by atoms with Gasteiger partial charge in [-0.2, -0.15) is 0 Å².